The zero-order chi connectivity index (χ0) is 20.2. The van der Waals surface area contributed by atoms with E-state index in [9.17, 15) is 4.79 Å². The highest BCUT2D eigenvalue weighted by atomic mass is 16.5. The Morgan fingerprint density at radius 3 is 2.66 bits per heavy atom. The molecule has 0 radical (unpaired) electrons. The van der Waals surface area contributed by atoms with Gasteiger partial charge in [0.25, 0.3) is 5.91 Å². The highest BCUT2D eigenvalue weighted by Crippen LogP contribution is 2.34. The van der Waals surface area contributed by atoms with E-state index in [1.807, 2.05) is 43.3 Å². The van der Waals surface area contributed by atoms with Crippen LogP contribution < -0.4 is 0 Å². The molecule has 1 atom stereocenters. The van der Waals surface area contributed by atoms with E-state index in [4.69, 9.17) is 4.52 Å². The molecule has 1 amide bonds. The fourth-order valence-corrected chi connectivity index (χ4v) is 4.16. The molecule has 0 bridgehead atoms. The molecule has 1 aliphatic carbocycles. The number of hydrogen-bond acceptors (Lipinski definition) is 4. The van der Waals surface area contributed by atoms with Gasteiger partial charge in [-0.1, -0.05) is 59.8 Å². The second kappa shape index (κ2) is 8.62. The molecule has 0 N–H and O–H groups in total. The molecule has 0 saturated heterocycles. The first kappa shape index (κ1) is 19.4. The first-order chi connectivity index (χ1) is 14.1. The van der Waals surface area contributed by atoms with Crippen molar-refractivity contribution >= 4 is 5.91 Å². The summed E-state index contributed by atoms with van der Waals surface area (Å²) in [4.78, 5) is 17.0. The van der Waals surface area contributed by atoms with E-state index < -0.39 is 0 Å². The fourth-order valence-electron chi connectivity index (χ4n) is 4.16. The Morgan fingerprint density at radius 1 is 1.07 bits per heavy atom. The molecule has 3 aromatic rings. The van der Waals surface area contributed by atoms with Crippen LogP contribution in [0.1, 0.15) is 51.8 Å². The Morgan fingerprint density at radius 2 is 1.83 bits per heavy atom. The zero-order valence-electron chi connectivity index (χ0n) is 17.0. The summed E-state index contributed by atoms with van der Waals surface area (Å²) in [6.45, 7) is 1.41. The third-order valence-electron chi connectivity index (χ3n) is 5.62. The lowest BCUT2D eigenvalue weighted by atomic mass is 9.87. The van der Waals surface area contributed by atoms with E-state index in [-0.39, 0.29) is 11.9 Å². The van der Waals surface area contributed by atoms with Gasteiger partial charge in [-0.05, 0) is 43.0 Å². The smallest absolute Gasteiger partial charge is 0.276 e. The Bertz CT molecular complexity index is 967. The van der Waals surface area contributed by atoms with Gasteiger partial charge in [0.2, 0.25) is 0 Å². The van der Waals surface area contributed by atoms with Crippen molar-refractivity contribution in [3.8, 4) is 0 Å². The average Bonchev–Trinajstić information content (AvgIpc) is 3.21. The molecule has 4 rings (SSSR count). The van der Waals surface area contributed by atoms with Crippen LogP contribution in [0, 0.1) is 0 Å². The number of amides is 1. The second-order valence-corrected chi connectivity index (χ2v) is 7.86. The molecule has 0 fully saturated rings. The summed E-state index contributed by atoms with van der Waals surface area (Å²) in [5.41, 5.74) is 4.20. The van der Waals surface area contributed by atoms with Crippen LogP contribution in [0.4, 0.5) is 0 Å². The minimum absolute atomic E-state index is 0.0904. The Labute approximate surface area is 171 Å². The van der Waals surface area contributed by atoms with Gasteiger partial charge in [-0.2, -0.15) is 0 Å². The van der Waals surface area contributed by atoms with Crippen molar-refractivity contribution in [2.75, 3.05) is 14.1 Å². The highest BCUT2D eigenvalue weighted by Gasteiger charge is 2.28. The van der Waals surface area contributed by atoms with Crippen LogP contribution in [-0.2, 0) is 19.5 Å². The van der Waals surface area contributed by atoms with Gasteiger partial charge in [0.1, 0.15) is 0 Å². The summed E-state index contributed by atoms with van der Waals surface area (Å²) in [6, 6.07) is 20.6. The molecule has 5 nitrogen and oxygen atoms in total. The molecule has 29 heavy (non-hydrogen) atoms. The lowest BCUT2D eigenvalue weighted by molar-refractivity contribution is 0.0704. The molecule has 2 aromatic carbocycles. The van der Waals surface area contributed by atoms with Crippen molar-refractivity contribution < 1.29 is 9.32 Å². The van der Waals surface area contributed by atoms with Gasteiger partial charge < -0.3 is 9.42 Å². The first-order valence-electron chi connectivity index (χ1n) is 10.1. The van der Waals surface area contributed by atoms with E-state index in [1.165, 1.54) is 16.7 Å². The normalized spacial score (nSPS) is 15.9. The maximum Gasteiger partial charge on any atom is 0.276 e. The number of aryl methyl sites for hydroxylation is 1. The molecule has 0 spiro atoms. The number of aromatic nitrogens is 1. The topological polar surface area (TPSA) is 49.6 Å². The summed E-state index contributed by atoms with van der Waals surface area (Å²) in [7, 11) is 3.90. The fraction of sp³-hybridized carbons (Fsp3) is 0.333. The molecule has 1 aliphatic rings. The van der Waals surface area contributed by atoms with Crippen LogP contribution in [0.15, 0.2) is 65.2 Å². The van der Waals surface area contributed by atoms with Crippen LogP contribution in [0.3, 0.4) is 0 Å². The number of carbonyl (C=O) groups excluding carboxylic acids is 1. The van der Waals surface area contributed by atoms with Crippen LogP contribution in [0.2, 0.25) is 0 Å². The number of benzene rings is 2. The lowest BCUT2D eigenvalue weighted by Crippen LogP contribution is -2.33. The van der Waals surface area contributed by atoms with E-state index >= 15 is 0 Å². The molecule has 1 aromatic heterocycles. The van der Waals surface area contributed by atoms with Crippen molar-refractivity contribution in [2.24, 2.45) is 0 Å². The highest BCUT2D eigenvalue weighted by molar-refractivity contribution is 5.92. The van der Waals surface area contributed by atoms with Crippen LogP contribution in [-0.4, -0.2) is 35.0 Å². The third kappa shape index (κ3) is 4.40. The van der Waals surface area contributed by atoms with Crippen molar-refractivity contribution in [3.63, 3.8) is 0 Å². The van der Waals surface area contributed by atoms with E-state index in [1.54, 1.807) is 6.07 Å². The van der Waals surface area contributed by atoms with Crippen LogP contribution in [0.25, 0.3) is 0 Å². The van der Waals surface area contributed by atoms with Gasteiger partial charge in [-0.25, -0.2) is 0 Å². The van der Waals surface area contributed by atoms with E-state index in [0.29, 0.717) is 18.0 Å². The molecule has 0 aliphatic heterocycles. The number of nitrogens with zero attached hydrogens (tertiary/aromatic N) is 3. The minimum atomic E-state index is -0.0904. The van der Waals surface area contributed by atoms with E-state index in [2.05, 4.69) is 40.4 Å². The summed E-state index contributed by atoms with van der Waals surface area (Å²) < 4.78 is 5.46. The zero-order valence-corrected chi connectivity index (χ0v) is 17.0. The summed E-state index contributed by atoms with van der Waals surface area (Å²) in [5.74, 6) is 0.608. The molecule has 0 saturated carbocycles. The summed E-state index contributed by atoms with van der Waals surface area (Å²) >= 11 is 0. The van der Waals surface area contributed by atoms with Gasteiger partial charge >= 0.3 is 0 Å². The quantitative estimate of drug-likeness (QED) is 0.625. The average molecular weight is 389 g/mol. The maximum absolute atomic E-state index is 13.0. The van der Waals surface area contributed by atoms with Gasteiger partial charge in [-0.15, -0.1) is 0 Å². The predicted molar refractivity (Wildman–Crippen MR) is 112 cm³/mol. The minimum Gasteiger partial charge on any atom is -0.359 e. The Kier molecular flexibility index (Phi) is 5.76. The van der Waals surface area contributed by atoms with Gasteiger partial charge in [0.05, 0.1) is 12.6 Å². The predicted octanol–water partition coefficient (Wildman–Crippen LogP) is 4.46. The molecular weight excluding hydrogens is 362 g/mol. The Balaban J connectivity index is 1.42. The van der Waals surface area contributed by atoms with Crippen LogP contribution >= 0.6 is 0 Å². The van der Waals surface area contributed by atoms with Gasteiger partial charge in [-0.3, -0.25) is 9.69 Å². The van der Waals surface area contributed by atoms with Crippen LogP contribution in [0.5, 0.6) is 0 Å². The molecule has 1 heterocycles. The number of carbonyl (C=O) groups is 1. The SMILES string of the molecule is CN(Cc1ccccc1)Cc1cc(C(=O)N(C)[C@@H]2CCCc3ccccc32)no1. The monoisotopic (exact) mass is 389 g/mol. The number of rotatable bonds is 6. The first-order valence-corrected chi connectivity index (χ1v) is 10.1. The lowest BCUT2D eigenvalue weighted by Gasteiger charge is -2.32. The van der Waals surface area contributed by atoms with Crippen molar-refractivity contribution in [2.45, 2.75) is 38.4 Å². The molecule has 5 heteroatoms. The molecular formula is C24H27N3O2. The number of fused-ring (bicyclic) bond motifs is 1. The number of hydrogen-bond donors (Lipinski definition) is 0. The van der Waals surface area contributed by atoms with Gasteiger partial charge in [0, 0.05) is 19.7 Å². The second-order valence-electron chi connectivity index (χ2n) is 7.86. The maximum atomic E-state index is 13.0. The van der Waals surface area contributed by atoms with Crippen molar-refractivity contribution in [3.05, 3.63) is 88.8 Å². The Hall–Kier alpha value is -2.92. The molecule has 0 unspecified atom stereocenters. The summed E-state index contributed by atoms with van der Waals surface area (Å²) in [6.07, 6.45) is 3.15. The van der Waals surface area contributed by atoms with Crippen molar-refractivity contribution in [1.29, 1.82) is 0 Å². The van der Waals surface area contributed by atoms with Crippen molar-refractivity contribution in [1.82, 2.24) is 15.0 Å². The molecule has 150 valence electrons. The largest absolute Gasteiger partial charge is 0.359 e. The van der Waals surface area contributed by atoms with Gasteiger partial charge in [0.15, 0.2) is 11.5 Å². The third-order valence-corrected chi connectivity index (χ3v) is 5.62. The standard InChI is InChI=1S/C24H27N3O2/c1-26(16-18-9-4-3-5-10-18)17-20-15-22(25-29-20)24(28)27(2)23-14-8-12-19-11-6-7-13-21(19)23/h3-7,9-11,13,15,23H,8,12,14,16-17H2,1-2H3/t23-/m1/s1. The summed E-state index contributed by atoms with van der Waals surface area (Å²) in [5, 5.41) is 4.06. The van der Waals surface area contributed by atoms with E-state index in [0.717, 1.165) is 25.8 Å².